The Labute approximate surface area is 118 Å². The highest BCUT2D eigenvalue weighted by Crippen LogP contribution is 2.23. The van der Waals surface area contributed by atoms with E-state index in [9.17, 15) is 0 Å². The van der Waals surface area contributed by atoms with Crippen LogP contribution in [0.3, 0.4) is 0 Å². The third kappa shape index (κ3) is 2.85. The molecule has 1 aromatic heterocycles. The first-order chi connectivity index (χ1) is 9.22. The van der Waals surface area contributed by atoms with E-state index in [4.69, 9.17) is 10.7 Å². The standard InChI is InChI=1S/C15H19N3S/c1-11-9-18(6-7-19-11)10-12-8-14(16)13-4-2-3-5-15(13)17-12/h2-5,8,11H,6-7,9-10H2,1H3,(H2,16,17). The summed E-state index contributed by atoms with van der Waals surface area (Å²) in [5.41, 5.74) is 9.04. The molecule has 2 aromatic rings. The average molecular weight is 273 g/mol. The molecule has 0 aliphatic carbocycles. The minimum absolute atomic E-state index is 0.714. The van der Waals surface area contributed by atoms with Crippen molar-refractivity contribution in [2.75, 3.05) is 24.6 Å². The summed E-state index contributed by atoms with van der Waals surface area (Å²) in [6, 6.07) is 10.1. The van der Waals surface area contributed by atoms with Crippen molar-refractivity contribution < 1.29 is 0 Å². The lowest BCUT2D eigenvalue weighted by Gasteiger charge is -2.30. The van der Waals surface area contributed by atoms with Crippen LogP contribution in [0.1, 0.15) is 12.6 Å². The van der Waals surface area contributed by atoms with Crippen molar-refractivity contribution in [1.82, 2.24) is 9.88 Å². The first kappa shape index (κ1) is 12.8. The zero-order chi connectivity index (χ0) is 13.2. The molecular weight excluding hydrogens is 254 g/mol. The zero-order valence-electron chi connectivity index (χ0n) is 11.2. The van der Waals surface area contributed by atoms with Gasteiger partial charge in [0.2, 0.25) is 0 Å². The number of anilines is 1. The van der Waals surface area contributed by atoms with E-state index in [0.717, 1.165) is 41.9 Å². The number of thioether (sulfide) groups is 1. The molecular formula is C15H19N3S. The van der Waals surface area contributed by atoms with Crippen molar-refractivity contribution in [1.29, 1.82) is 0 Å². The summed E-state index contributed by atoms with van der Waals surface area (Å²) in [6.45, 7) is 5.47. The second kappa shape index (κ2) is 5.39. The maximum absolute atomic E-state index is 6.13. The second-order valence-corrected chi connectivity index (χ2v) is 6.68. The number of aromatic nitrogens is 1. The van der Waals surface area contributed by atoms with Gasteiger partial charge in [-0.1, -0.05) is 25.1 Å². The molecule has 2 heterocycles. The molecule has 0 spiro atoms. The van der Waals surface area contributed by atoms with Crippen LogP contribution in [-0.2, 0) is 6.54 Å². The van der Waals surface area contributed by atoms with E-state index in [-0.39, 0.29) is 0 Å². The fourth-order valence-electron chi connectivity index (χ4n) is 2.60. The Balaban J connectivity index is 1.85. The van der Waals surface area contributed by atoms with Gasteiger partial charge in [0.25, 0.3) is 0 Å². The summed E-state index contributed by atoms with van der Waals surface area (Å²) >= 11 is 2.05. The van der Waals surface area contributed by atoms with Gasteiger partial charge in [0.05, 0.1) is 11.2 Å². The molecule has 4 heteroatoms. The van der Waals surface area contributed by atoms with E-state index >= 15 is 0 Å². The fraction of sp³-hybridized carbons (Fsp3) is 0.400. The smallest absolute Gasteiger partial charge is 0.0726 e. The molecule has 1 fully saturated rings. The number of nitrogens with two attached hydrogens (primary N) is 1. The quantitative estimate of drug-likeness (QED) is 0.913. The molecule has 0 amide bonds. The molecule has 3 nitrogen and oxygen atoms in total. The third-order valence-electron chi connectivity index (χ3n) is 3.51. The maximum atomic E-state index is 6.13. The number of hydrogen-bond donors (Lipinski definition) is 1. The summed E-state index contributed by atoms with van der Waals surface area (Å²) in [5, 5.41) is 1.76. The Bertz CT molecular complexity index is 585. The summed E-state index contributed by atoms with van der Waals surface area (Å²) in [4.78, 5) is 7.20. The van der Waals surface area contributed by atoms with Gasteiger partial charge >= 0.3 is 0 Å². The maximum Gasteiger partial charge on any atom is 0.0726 e. The van der Waals surface area contributed by atoms with Gasteiger partial charge in [0.1, 0.15) is 0 Å². The predicted molar refractivity (Wildman–Crippen MR) is 83.4 cm³/mol. The summed E-state index contributed by atoms with van der Waals surface area (Å²) in [7, 11) is 0. The van der Waals surface area contributed by atoms with Crippen LogP contribution in [-0.4, -0.2) is 34.0 Å². The Kier molecular flexibility index (Phi) is 3.62. The fourth-order valence-corrected chi connectivity index (χ4v) is 3.69. The highest BCUT2D eigenvalue weighted by molar-refractivity contribution is 7.99. The van der Waals surface area contributed by atoms with Gasteiger partial charge in [-0.2, -0.15) is 11.8 Å². The number of rotatable bonds is 2. The van der Waals surface area contributed by atoms with Gasteiger partial charge in [0.15, 0.2) is 0 Å². The van der Waals surface area contributed by atoms with Crippen LogP contribution in [0.5, 0.6) is 0 Å². The molecule has 0 radical (unpaired) electrons. The SMILES string of the molecule is CC1CN(Cc2cc(N)c3ccccc3n2)CCS1. The average Bonchev–Trinajstić information content (AvgIpc) is 2.39. The normalized spacial score (nSPS) is 20.8. The van der Waals surface area contributed by atoms with Gasteiger partial charge in [-0.05, 0) is 12.1 Å². The minimum Gasteiger partial charge on any atom is -0.398 e. The van der Waals surface area contributed by atoms with Crippen LogP contribution in [0.2, 0.25) is 0 Å². The first-order valence-corrected chi connectivity index (χ1v) is 7.75. The van der Waals surface area contributed by atoms with Gasteiger partial charge in [-0.15, -0.1) is 0 Å². The second-order valence-electron chi connectivity index (χ2n) is 5.14. The molecule has 1 saturated heterocycles. The molecule has 1 aliphatic heterocycles. The molecule has 19 heavy (non-hydrogen) atoms. The molecule has 0 bridgehead atoms. The third-order valence-corrected chi connectivity index (χ3v) is 4.65. The Morgan fingerprint density at radius 1 is 1.42 bits per heavy atom. The molecule has 1 aliphatic rings. The van der Waals surface area contributed by atoms with Crippen molar-refractivity contribution in [2.24, 2.45) is 0 Å². The van der Waals surface area contributed by atoms with E-state index in [1.54, 1.807) is 0 Å². The molecule has 0 saturated carbocycles. The van der Waals surface area contributed by atoms with Crippen LogP contribution in [0.4, 0.5) is 5.69 Å². The number of fused-ring (bicyclic) bond motifs is 1. The van der Waals surface area contributed by atoms with E-state index in [1.165, 1.54) is 5.75 Å². The molecule has 3 rings (SSSR count). The van der Waals surface area contributed by atoms with Gasteiger partial charge < -0.3 is 5.73 Å². The summed E-state index contributed by atoms with van der Waals surface area (Å²) < 4.78 is 0. The number of nitrogens with zero attached hydrogens (tertiary/aromatic N) is 2. The van der Waals surface area contributed by atoms with Crippen molar-refractivity contribution >= 4 is 28.4 Å². The first-order valence-electron chi connectivity index (χ1n) is 6.70. The van der Waals surface area contributed by atoms with E-state index in [0.29, 0.717) is 5.25 Å². The highest BCUT2D eigenvalue weighted by Gasteiger charge is 2.17. The van der Waals surface area contributed by atoms with Crippen LogP contribution in [0.15, 0.2) is 30.3 Å². The predicted octanol–water partition coefficient (Wildman–Crippen LogP) is 2.75. The lowest BCUT2D eigenvalue weighted by molar-refractivity contribution is 0.275. The Hall–Kier alpha value is -1.26. The van der Waals surface area contributed by atoms with Crippen LogP contribution in [0, 0.1) is 0 Å². The number of pyridine rings is 1. The monoisotopic (exact) mass is 273 g/mol. The minimum atomic E-state index is 0.714. The molecule has 1 aromatic carbocycles. The van der Waals surface area contributed by atoms with Crippen LogP contribution >= 0.6 is 11.8 Å². The van der Waals surface area contributed by atoms with Gasteiger partial charge in [0, 0.05) is 41.7 Å². The van der Waals surface area contributed by atoms with Crippen molar-refractivity contribution in [3.8, 4) is 0 Å². The van der Waals surface area contributed by atoms with E-state index in [1.807, 2.05) is 30.3 Å². The van der Waals surface area contributed by atoms with E-state index in [2.05, 4.69) is 23.6 Å². The van der Waals surface area contributed by atoms with Crippen molar-refractivity contribution in [3.05, 3.63) is 36.0 Å². The van der Waals surface area contributed by atoms with Crippen molar-refractivity contribution in [3.63, 3.8) is 0 Å². The summed E-state index contributed by atoms with van der Waals surface area (Å²) in [5.74, 6) is 1.21. The number of hydrogen-bond acceptors (Lipinski definition) is 4. The lowest BCUT2D eigenvalue weighted by Crippen LogP contribution is -2.36. The molecule has 1 unspecified atom stereocenters. The topological polar surface area (TPSA) is 42.1 Å². The van der Waals surface area contributed by atoms with E-state index < -0.39 is 0 Å². The molecule has 1 atom stereocenters. The van der Waals surface area contributed by atoms with Gasteiger partial charge in [-0.25, -0.2) is 0 Å². The van der Waals surface area contributed by atoms with Crippen LogP contribution < -0.4 is 5.73 Å². The van der Waals surface area contributed by atoms with Gasteiger partial charge in [-0.3, -0.25) is 9.88 Å². The molecule has 100 valence electrons. The number of benzene rings is 1. The van der Waals surface area contributed by atoms with Crippen LogP contribution in [0.25, 0.3) is 10.9 Å². The zero-order valence-corrected chi connectivity index (χ0v) is 12.0. The van der Waals surface area contributed by atoms with Crippen molar-refractivity contribution in [2.45, 2.75) is 18.7 Å². The largest absolute Gasteiger partial charge is 0.398 e. The Morgan fingerprint density at radius 2 is 2.26 bits per heavy atom. The summed E-state index contributed by atoms with van der Waals surface area (Å²) in [6.07, 6.45) is 0. The number of nitrogen functional groups attached to an aromatic ring is 1. The lowest BCUT2D eigenvalue weighted by atomic mass is 10.1. The number of para-hydroxylation sites is 1. The Morgan fingerprint density at radius 3 is 3.11 bits per heavy atom. The molecule has 2 N–H and O–H groups in total. The highest BCUT2D eigenvalue weighted by atomic mass is 32.2.